The van der Waals surface area contributed by atoms with Crippen molar-refractivity contribution < 1.29 is 24.1 Å². The van der Waals surface area contributed by atoms with Crippen LogP contribution in [0.4, 0.5) is 22.7 Å². The summed E-state index contributed by atoms with van der Waals surface area (Å²) in [6.07, 6.45) is 1.15. The number of benzene rings is 2. The maximum absolute atomic E-state index is 10.8. The number of nitrogens with one attached hydrogen (secondary N) is 2. The van der Waals surface area contributed by atoms with Gasteiger partial charge in [-0.1, -0.05) is 6.92 Å². The van der Waals surface area contributed by atoms with Gasteiger partial charge in [-0.15, -0.1) is 0 Å². The molecule has 0 fully saturated rings. The summed E-state index contributed by atoms with van der Waals surface area (Å²) >= 11 is 0. The SMILES string of the molecule is CCCOCCOCCOC(CCNc1ccc([N+](=O)[O-])cc1)Nc1ccc([N+](=O)[O-])cc1. The number of anilines is 2. The van der Waals surface area contributed by atoms with Crippen molar-refractivity contribution in [1.29, 1.82) is 0 Å². The average Bonchev–Trinajstić information content (AvgIpc) is 2.81. The fraction of sp³-hybridized carbons (Fsp3) is 0.455. The molecule has 2 rings (SSSR count). The van der Waals surface area contributed by atoms with E-state index in [0.29, 0.717) is 51.7 Å². The van der Waals surface area contributed by atoms with Crippen LogP contribution in [0.25, 0.3) is 0 Å². The zero-order valence-corrected chi connectivity index (χ0v) is 18.6. The Labute approximate surface area is 192 Å². The molecular weight excluding hydrogens is 432 g/mol. The molecule has 0 aliphatic rings. The molecule has 0 aliphatic heterocycles. The van der Waals surface area contributed by atoms with Crippen molar-refractivity contribution in [2.45, 2.75) is 26.0 Å². The molecular formula is C22H30N4O7. The normalized spacial score (nSPS) is 11.7. The largest absolute Gasteiger partial charge is 0.385 e. The van der Waals surface area contributed by atoms with Gasteiger partial charge in [-0.25, -0.2) is 0 Å². The molecule has 2 N–H and O–H groups in total. The number of ether oxygens (including phenoxy) is 3. The Morgan fingerprint density at radius 3 is 1.85 bits per heavy atom. The molecule has 0 heterocycles. The highest BCUT2D eigenvalue weighted by Crippen LogP contribution is 2.18. The van der Waals surface area contributed by atoms with Gasteiger partial charge in [0, 0.05) is 55.2 Å². The summed E-state index contributed by atoms with van der Waals surface area (Å²) in [5.74, 6) is 0. The number of hydrogen-bond acceptors (Lipinski definition) is 9. The molecule has 2 aromatic rings. The molecule has 11 heteroatoms. The fourth-order valence-electron chi connectivity index (χ4n) is 2.83. The van der Waals surface area contributed by atoms with E-state index in [1.165, 1.54) is 24.3 Å². The third-order valence-corrected chi connectivity index (χ3v) is 4.49. The van der Waals surface area contributed by atoms with Crippen molar-refractivity contribution in [3.05, 3.63) is 68.8 Å². The second-order valence-corrected chi connectivity index (χ2v) is 7.05. The van der Waals surface area contributed by atoms with Crippen LogP contribution < -0.4 is 10.6 Å². The number of non-ortho nitro benzene ring substituents is 2. The van der Waals surface area contributed by atoms with E-state index in [1.54, 1.807) is 24.3 Å². The van der Waals surface area contributed by atoms with E-state index in [1.807, 2.05) is 6.92 Å². The van der Waals surface area contributed by atoms with Crippen molar-refractivity contribution in [2.75, 3.05) is 50.2 Å². The zero-order chi connectivity index (χ0) is 23.9. The molecule has 1 unspecified atom stereocenters. The molecule has 0 aromatic heterocycles. The molecule has 0 amide bonds. The predicted molar refractivity (Wildman–Crippen MR) is 125 cm³/mol. The highest BCUT2D eigenvalue weighted by Gasteiger charge is 2.11. The molecule has 0 radical (unpaired) electrons. The van der Waals surface area contributed by atoms with Crippen molar-refractivity contribution in [3.8, 4) is 0 Å². The highest BCUT2D eigenvalue weighted by atomic mass is 16.6. The maximum Gasteiger partial charge on any atom is 0.269 e. The van der Waals surface area contributed by atoms with Crippen molar-refractivity contribution >= 4 is 22.7 Å². The number of rotatable bonds is 17. The Morgan fingerprint density at radius 2 is 1.30 bits per heavy atom. The van der Waals surface area contributed by atoms with E-state index in [9.17, 15) is 20.2 Å². The molecule has 0 saturated heterocycles. The van der Waals surface area contributed by atoms with Gasteiger partial charge in [0.25, 0.3) is 11.4 Å². The minimum Gasteiger partial charge on any atom is -0.385 e. The monoisotopic (exact) mass is 462 g/mol. The number of nitro groups is 2. The summed E-state index contributed by atoms with van der Waals surface area (Å²) in [4.78, 5) is 20.7. The van der Waals surface area contributed by atoms with Crippen LogP contribution in [0.2, 0.25) is 0 Å². The fourth-order valence-corrected chi connectivity index (χ4v) is 2.83. The molecule has 1 atom stereocenters. The van der Waals surface area contributed by atoms with E-state index in [4.69, 9.17) is 14.2 Å². The first-order chi connectivity index (χ1) is 16.0. The lowest BCUT2D eigenvalue weighted by Gasteiger charge is -2.21. The molecule has 0 aliphatic carbocycles. The smallest absolute Gasteiger partial charge is 0.269 e. The summed E-state index contributed by atoms with van der Waals surface area (Å²) < 4.78 is 16.8. The first-order valence-electron chi connectivity index (χ1n) is 10.8. The summed E-state index contributed by atoms with van der Waals surface area (Å²) in [6.45, 7) is 5.09. The third-order valence-electron chi connectivity index (χ3n) is 4.49. The summed E-state index contributed by atoms with van der Waals surface area (Å²) in [7, 11) is 0. The van der Waals surface area contributed by atoms with Crippen LogP contribution in [-0.2, 0) is 14.2 Å². The Bertz CT molecular complexity index is 847. The number of nitrogens with zero attached hydrogens (tertiary/aromatic N) is 2. The zero-order valence-electron chi connectivity index (χ0n) is 18.6. The molecule has 2 aromatic carbocycles. The summed E-state index contributed by atoms with van der Waals surface area (Å²) in [6, 6.07) is 12.3. The summed E-state index contributed by atoms with van der Waals surface area (Å²) in [5, 5.41) is 28.0. The molecule has 180 valence electrons. The second-order valence-electron chi connectivity index (χ2n) is 7.05. The quantitative estimate of drug-likeness (QED) is 0.153. The molecule has 33 heavy (non-hydrogen) atoms. The molecule has 0 spiro atoms. The van der Waals surface area contributed by atoms with Crippen molar-refractivity contribution in [3.63, 3.8) is 0 Å². The van der Waals surface area contributed by atoms with E-state index >= 15 is 0 Å². The standard InChI is InChI=1S/C22H30N4O7/c1-2-13-31-14-15-32-16-17-33-22(24-19-5-9-21(10-6-19)26(29)30)11-12-23-18-3-7-20(8-4-18)25(27)28/h3-10,22-24H,2,11-17H2,1H3. The lowest BCUT2D eigenvalue weighted by Crippen LogP contribution is -2.27. The second kappa shape index (κ2) is 14.7. The van der Waals surface area contributed by atoms with Crippen LogP contribution in [0.5, 0.6) is 0 Å². The van der Waals surface area contributed by atoms with Crippen LogP contribution in [0.1, 0.15) is 19.8 Å². The number of nitro benzene ring substituents is 2. The molecule has 0 bridgehead atoms. The third kappa shape index (κ3) is 10.3. The minimum absolute atomic E-state index is 0.0107. The van der Waals surface area contributed by atoms with E-state index < -0.39 is 9.85 Å². The van der Waals surface area contributed by atoms with E-state index in [0.717, 1.165) is 12.1 Å². The number of hydrogen-bond donors (Lipinski definition) is 2. The van der Waals surface area contributed by atoms with Gasteiger partial charge in [-0.05, 0) is 30.7 Å². The van der Waals surface area contributed by atoms with Gasteiger partial charge in [-0.2, -0.15) is 0 Å². The Balaban J connectivity index is 1.83. The summed E-state index contributed by atoms with van der Waals surface area (Å²) in [5.41, 5.74) is 1.48. The minimum atomic E-state index is -0.451. The van der Waals surface area contributed by atoms with Crippen LogP contribution >= 0.6 is 0 Å². The molecule has 11 nitrogen and oxygen atoms in total. The Morgan fingerprint density at radius 1 is 0.788 bits per heavy atom. The van der Waals surface area contributed by atoms with Crippen LogP contribution in [0.3, 0.4) is 0 Å². The first-order valence-corrected chi connectivity index (χ1v) is 10.8. The van der Waals surface area contributed by atoms with Gasteiger partial charge < -0.3 is 24.8 Å². The van der Waals surface area contributed by atoms with Crippen LogP contribution in [0, 0.1) is 20.2 Å². The first kappa shape index (κ1) is 26.0. The van der Waals surface area contributed by atoms with E-state index in [-0.39, 0.29) is 17.6 Å². The van der Waals surface area contributed by atoms with Gasteiger partial charge in [-0.3, -0.25) is 20.2 Å². The van der Waals surface area contributed by atoms with Crippen molar-refractivity contribution in [1.82, 2.24) is 0 Å². The average molecular weight is 463 g/mol. The van der Waals surface area contributed by atoms with E-state index in [2.05, 4.69) is 10.6 Å². The van der Waals surface area contributed by atoms with Gasteiger partial charge in [0.15, 0.2) is 0 Å². The Kier molecular flexibility index (Phi) is 11.6. The van der Waals surface area contributed by atoms with Gasteiger partial charge in [0.1, 0.15) is 6.23 Å². The van der Waals surface area contributed by atoms with Gasteiger partial charge >= 0.3 is 0 Å². The topological polar surface area (TPSA) is 138 Å². The highest BCUT2D eigenvalue weighted by molar-refractivity contribution is 5.49. The lowest BCUT2D eigenvalue weighted by atomic mass is 10.2. The predicted octanol–water partition coefficient (Wildman–Crippen LogP) is 4.20. The molecule has 0 saturated carbocycles. The lowest BCUT2D eigenvalue weighted by molar-refractivity contribution is -0.385. The van der Waals surface area contributed by atoms with Crippen molar-refractivity contribution in [2.24, 2.45) is 0 Å². The van der Waals surface area contributed by atoms with Gasteiger partial charge in [0.2, 0.25) is 0 Å². The van der Waals surface area contributed by atoms with Crippen LogP contribution in [0.15, 0.2) is 48.5 Å². The van der Waals surface area contributed by atoms with Gasteiger partial charge in [0.05, 0.1) is 36.3 Å². The van der Waals surface area contributed by atoms with Crippen LogP contribution in [-0.4, -0.2) is 55.7 Å². The Hall–Kier alpha value is -3.28. The maximum atomic E-state index is 10.8.